The second-order valence-corrected chi connectivity index (χ2v) is 14.8. The Balaban J connectivity index is 1.41. The molecule has 3 aromatic rings. The van der Waals surface area contributed by atoms with Crippen molar-refractivity contribution >= 4 is 21.4 Å². The molecule has 44 heavy (non-hydrogen) atoms. The summed E-state index contributed by atoms with van der Waals surface area (Å²) in [5.74, 6) is 0.405. The van der Waals surface area contributed by atoms with Gasteiger partial charge in [0.1, 0.15) is 11.6 Å². The van der Waals surface area contributed by atoms with Crippen LogP contribution < -0.4 is 4.72 Å². The Bertz CT molecular complexity index is 1620. The number of aryl methyl sites for hydroxylation is 1. The van der Waals surface area contributed by atoms with E-state index in [0.29, 0.717) is 47.9 Å². The molecule has 2 aromatic heterocycles. The summed E-state index contributed by atoms with van der Waals surface area (Å²) in [6.07, 6.45) is 7.27. The van der Waals surface area contributed by atoms with Gasteiger partial charge in [-0.25, -0.2) is 26.9 Å². The number of carbonyl (C=O) groups is 1. The van der Waals surface area contributed by atoms with Gasteiger partial charge in [-0.1, -0.05) is 6.07 Å². The van der Waals surface area contributed by atoms with Gasteiger partial charge in [0.15, 0.2) is 5.67 Å². The summed E-state index contributed by atoms with van der Waals surface area (Å²) in [5.41, 5.74) is 1.08. The van der Waals surface area contributed by atoms with Gasteiger partial charge in [0.25, 0.3) is 5.91 Å². The van der Waals surface area contributed by atoms with Crippen LogP contribution in [0.3, 0.4) is 0 Å². The second-order valence-electron chi connectivity index (χ2n) is 12.8. The number of hydrogen-bond donors (Lipinski definition) is 1. The lowest BCUT2D eigenvalue weighted by atomic mass is 9.86. The normalized spacial score (nSPS) is 23.1. The lowest BCUT2D eigenvalue weighted by molar-refractivity contribution is 0.0717. The molecule has 240 valence electrons. The third kappa shape index (κ3) is 6.70. The summed E-state index contributed by atoms with van der Waals surface area (Å²) in [7, 11) is -3.22. The van der Waals surface area contributed by atoms with Crippen molar-refractivity contribution in [2.75, 3.05) is 31.9 Å². The number of carbonyl (C=O) groups excluding carboxylic acids is 1. The van der Waals surface area contributed by atoms with E-state index in [1.165, 1.54) is 12.1 Å². The lowest BCUT2D eigenvalue weighted by Gasteiger charge is -2.32. The maximum Gasteiger partial charge on any atom is 0.254 e. The Morgan fingerprint density at radius 3 is 2.55 bits per heavy atom. The Morgan fingerprint density at radius 2 is 1.89 bits per heavy atom. The molecule has 5 rings (SSSR count). The summed E-state index contributed by atoms with van der Waals surface area (Å²) in [5, 5.41) is 0. The summed E-state index contributed by atoms with van der Waals surface area (Å²) < 4.78 is 60.1. The molecule has 1 atom stereocenters. The van der Waals surface area contributed by atoms with Gasteiger partial charge in [0, 0.05) is 55.6 Å². The number of aromatic nitrogens is 2. The average Bonchev–Trinajstić information content (AvgIpc) is 3.56. The van der Waals surface area contributed by atoms with Gasteiger partial charge in [-0.15, -0.1) is 0 Å². The first-order valence-electron chi connectivity index (χ1n) is 15.8. The van der Waals surface area contributed by atoms with Crippen molar-refractivity contribution < 1.29 is 22.0 Å². The number of sulfonamides is 1. The predicted molar refractivity (Wildman–Crippen MR) is 169 cm³/mol. The summed E-state index contributed by atoms with van der Waals surface area (Å²) in [6, 6.07) is 5.96. The monoisotopic (exact) mass is 629 g/mol. The van der Waals surface area contributed by atoms with Gasteiger partial charge in [-0.05, 0) is 96.4 Å². The molecule has 1 unspecified atom stereocenters. The quantitative estimate of drug-likeness (QED) is 0.312. The van der Waals surface area contributed by atoms with Crippen molar-refractivity contribution in [2.45, 2.75) is 84.5 Å². The van der Waals surface area contributed by atoms with E-state index in [-0.39, 0.29) is 35.9 Å². The Labute approximate surface area is 259 Å². The van der Waals surface area contributed by atoms with E-state index in [2.05, 4.69) is 14.6 Å². The smallest absolute Gasteiger partial charge is 0.254 e. The van der Waals surface area contributed by atoms with Crippen LogP contribution in [0, 0.1) is 18.7 Å². The zero-order chi connectivity index (χ0) is 31.8. The van der Waals surface area contributed by atoms with E-state index in [1.54, 1.807) is 24.1 Å². The maximum absolute atomic E-state index is 16.9. The third-order valence-corrected chi connectivity index (χ3v) is 10.9. The molecule has 2 aliphatic rings. The highest BCUT2D eigenvalue weighted by Crippen LogP contribution is 2.41. The number of halogens is 2. The Hall–Kier alpha value is -2.89. The number of pyridine rings is 1. The van der Waals surface area contributed by atoms with Crippen molar-refractivity contribution in [3.05, 3.63) is 59.4 Å². The van der Waals surface area contributed by atoms with Crippen molar-refractivity contribution in [1.82, 2.24) is 23.9 Å². The predicted octanol–water partition coefficient (Wildman–Crippen LogP) is 5.69. The number of fused-ring (bicyclic) bond motifs is 1. The van der Waals surface area contributed by atoms with Gasteiger partial charge >= 0.3 is 0 Å². The zero-order valence-electron chi connectivity index (χ0n) is 26.4. The van der Waals surface area contributed by atoms with Gasteiger partial charge < -0.3 is 9.30 Å². The van der Waals surface area contributed by atoms with Crippen molar-refractivity contribution in [3.63, 3.8) is 0 Å². The Morgan fingerprint density at radius 1 is 1.16 bits per heavy atom. The molecule has 8 nitrogen and oxygen atoms in total. The molecular weight excluding hydrogens is 584 g/mol. The van der Waals surface area contributed by atoms with E-state index in [0.717, 1.165) is 37.7 Å². The SMILES string of the molecule is CCN(C(=O)c1cc(F)ccc1-c1cc(C2(F)CCN(CC3CCC(NS(=O)(=O)CC)CC3)C2)cn2c(C)ncc12)C(C)C. The highest BCUT2D eigenvalue weighted by molar-refractivity contribution is 7.89. The fourth-order valence-electron chi connectivity index (χ4n) is 6.91. The highest BCUT2D eigenvalue weighted by Gasteiger charge is 2.41. The summed E-state index contributed by atoms with van der Waals surface area (Å²) >= 11 is 0. The number of hydrogen-bond acceptors (Lipinski definition) is 5. The van der Waals surface area contributed by atoms with Gasteiger partial charge in [0.05, 0.1) is 23.0 Å². The number of nitrogens with zero attached hydrogens (tertiary/aromatic N) is 4. The standard InChI is InChI=1S/C33H45F2N5O3S/c1-6-39(22(3)4)32(41)30-17-26(34)10-13-28(30)29-16-25(20-40-23(5)36-18-31(29)40)33(35)14-15-38(21-33)19-24-8-11-27(12-9-24)37-44(42,43)7-2/h10,13,16-18,20,22,24,27,37H,6-9,11-12,14-15,19,21H2,1-5H3. The number of rotatable bonds is 10. The molecule has 2 fully saturated rings. The second kappa shape index (κ2) is 12.8. The van der Waals surface area contributed by atoms with Crippen LogP contribution in [0.5, 0.6) is 0 Å². The van der Waals surface area contributed by atoms with E-state index in [9.17, 15) is 17.6 Å². The number of nitrogens with one attached hydrogen (secondary N) is 1. The zero-order valence-corrected chi connectivity index (χ0v) is 27.3. The van der Waals surface area contributed by atoms with Crippen LogP contribution in [0.4, 0.5) is 8.78 Å². The highest BCUT2D eigenvalue weighted by atomic mass is 32.2. The van der Waals surface area contributed by atoms with Crippen LogP contribution in [0.25, 0.3) is 16.6 Å². The maximum atomic E-state index is 16.9. The minimum atomic E-state index is -3.22. The molecule has 1 amide bonds. The van der Waals surface area contributed by atoms with Crippen LogP contribution in [0.15, 0.2) is 36.7 Å². The molecule has 3 heterocycles. The molecule has 1 saturated carbocycles. The number of amides is 1. The molecule has 1 aliphatic carbocycles. The van der Waals surface area contributed by atoms with E-state index < -0.39 is 21.5 Å². The molecule has 1 aromatic carbocycles. The lowest BCUT2D eigenvalue weighted by Crippen LogP contribution is -2.40. The Kier molecular flexibility index (Phi) is 9.49. The van der Waals surface area contributed by atoms with Crippen molar-refractivity contribution in [2.24, 2.45) is 5.92 Å². The van der Waals surface area contributed by atoms with Crippen LogP contribution in [-0.4, -0.2) is 77.5 Å². The minimum absolute atomic E-state index is 0.0215. The van der Waals surface area contributed by atoms with Crippen LogP contribution in [0.1, 0.15) is 81.5 Å². The first-order chi connectivity index (χ1) is 20.8. The fraction of sp³-hybridized carbons (Fsp3) is 0.576. The van der Waals surface area contributed by atoms with Gasteiger partial charge in [-0.2, -0.15) is 0 Å². The number of likely N-dealkylation sites (tertiary alicyclic amines) is 1. The molecule has 1 saturated heterocycles. The number of benzene rings is 1. The third-order valence-electron chi connectivity index (χ3n) is 9.46. The largest absolute Gasteiger partial charge is 0.336 e. The van der Waals surface area contributed by atoms with Crippen molar-refractivity contribution in [3.8, 4) is 11.1 Å². The molecular formula is C33H45F2N5O3S. The summed E-state index contributed by atoms with van der Waals surface area (Å²) in [4.78, 5) is 22.0. The first kappa shape index (κ1) is 32.5. The van der Waals surface area contributed by atoms with E-state index in [1.807, 2.05) is 44.4 Å². The summed E-state index contributed by atoms with van der Waals surface area (Å²) in [6.45, 7) is 11.4. The molecule has 0 bridgehead atoms. The minimum Gasteiger partial charge on any atom is -0.336 e. The van der Waals surface area contributed by atoms with E-state index >= 15 is 4.39 Å². The molecule has 0 spiro atoms. The average molecular weight is 630 g/mol. The van der Waals surface area contributed by atoms with Crippen LogP contribution in [0.2, 0.25) is 0 Å². The first-order valence-corrected chi connectivity index (χ1v) is 17.5. The van der Waals surface area contributed by atoms with Crippen LogP contribution in [-0.2, 0) is 15.7 Å². The molecule has 1 N–H and O–H groups in total. The van der Waals surface area contributed by atoms with Crippen molar-refractivity contribution in [1.29, 1.82) is 0 Å². The fourth-order valence-corrected chi connectivity index (χ4v) is 7.82. The molecule has 11 heteroatoms. The van der Waals surface area contributed by atoms with E-state index in [4.69, 9.17) is 0 Å². The van der Waals surface area contributed by atoms with Crippen LogP contribution >= 0.6 is 0 Å². The topological polar surface area (TPSA) is 87.0 Å². The number of imidazole rings is 1. The molecule has 0 radical (unpaired) electrons. The van der Waals surface area contributed by atoms with Gasteiger partial charge in [0.2, 0.25) is 10.0 Å². The van der Waals surface area contributed by atoms with Gasteiger partial charge in [-0.3, -0.25) is 9.69 Å². The molecule has 1 aliphatic heterocycles. The number of alkyl halides is 1.